The molecule has 2 aromatic carbocycles. The third kappa shape index (κ3) is 5.57. The average Bonchev–Trinajstić information content (AvgIpc) is 3.21. The third-order valence-corrected chi connectivity index (χ3v) is 4.26. The zero-order valence-corrected chi connectivity index (χ0v) is 16.9. The Balaban J connectivity index is 1.56. The van der Waals surface area contributed by atoms with Crippen LogP contribution in [0.15, 0.2) is 52.1 Å². The largest absolute Gasteiger partial charge is 0.493 e. The summed E-state index contributed by atoms with van der Waals surface area (Å²) >= 11 is 0. The van der Waals surface area contributed by atoms with Gasteiger partial charge in [0.25, 0.3) is 5.89 Å². The molecule has 7 heteroatoms. The Morgan fingerprint density at radius 2 is 2.00 bits per heavy atom. The summed E-state index contributed by atoms with van der Waals surface area (Å²) in [4.78, 5) is 9.63. The molecule has 7 nitrogen and oxygen atoms in total. The summed E-state index contributed by atoms with van der Waals surface area (Å²) in [6.07, 6.45) is 3.68. The Morgan fingerprint density at radius 1 is 1.14 bits per heavy atom. The first-order valence-corrected chi connectivity index (χ1v) is 9.56. The number of hydrogen-bond acceptors (Lipinski definition) is 7. The number of methoxy groups -OCH3 is 1. The Morgan fingerprint density at radius 3 is 2.79 bits per heavy atom. The highest BCUT2D eigenvalue weighted by Crippen LogP contribution is 2.27. The quantitative estimate of drug-likeness (QED) is 0.279. The summed E-state index contributed by atoms with van der Waals surface area (Å²) < 4.78 is 16.3. The number of rotatable bonds is 10. The van der Waals surface area contributed by atoms with Gasteiger partial charge in [-0.15, -0.1) is 0 Å². The molecule has 152 valence electrons. The lowest BCUT2D eigenvalue weighted by molar-refractivity contribution is 0.107. The van der Waals surface area contributed by atoms with Gasteiger partial charge in [-0.05, 0) is 37.1 Å². The highest BCUT2D eigenvalue weighted by atomic mass is 16.6. The molecular formula is C22H25N3O4. The van der Waals surface area contributed by atoms with Gasteiger partial charge in [-0.25, -0.2) is 0 Å². The van der Waals surface area contributed by atoms with Gasteiger partial charge < -0.3 is 18.8 Å². The van der Waals surface area contributed by atoms with E-state index in [1.165, 1.54) is 0 Å². The molecule has 0 unspecified atom stereocenters. The van der Waals surface area contributed by atoms with Crippen LogP contribution < -0.4 is 9.47 Å². The van der Waals surface area contributed by atoms with Crippen LogP contribution in [0.25, 0.3) is 11.4 Å². The van der Waals surface area contributed by atoms with Crippen LogP contribution >= 0.6 is 0 Å². The van der Waals surface area contributed by atoms with Crippen molar-refractivity contribution in [1.29, 1.82) is 0 Å². The molecule has 3 aromatic rings. The average molecular weight is 395 g/mol. The van der Waals surface area contributed by atoms with Crippen molar-refractivity contribution >= 4 is 6.21 Å². The van der Waals surface area contributed by atoms with Gasteiger partial charge >= 0.3 is 0 Å². The molecule has 0 N–H and O–H groups in total. The van der Waals surface area contributed by atoms with Crippen LogP contribution in [-0.2, 0) is 11.4 Å². The highest BCUT2D eigenvalue weighted by molar-refractivity contribution is 5.80. The normalized spacial score (nSPS) is 11.0. The van der Waals surface area contributed by atoms with Crippen molar-refractivity contribution in [1.82, 2.24) is 10.1 Å². The fraction of sp³-hybridized carbons (Fsp3) is 0.318. The summed E-state index contributed by atoms with van der Waals surface area (Å²) in [5.74, 6) is 2.27. The van der Waals surface area contributed by atoms with Crippen molar-refractivity contribution in [3.05, 3.63) is 59.5 Å². The van der Waals surface area contributed by atoms with E-state index >= 15 is 0 Å². The molecule has 0 fully saturated rings. The van der Waals surface area contributed by atoms with Crippen molar-refractivity contribution in [2.75, 3.05) is 13.7 Å². The Hall–Kier alpha value is -3.35. The van der Waals surface area contributed by atoms with E-state index in [2.05, 4.69) is 22.2 Å². The van der Waals surface area contributed by atoms with Crippen molar-refractivity contribution in [2.24, 2.45) is 5.16 Å². The van der Waals surface area contributed by atoms with Gasteiger partial charge in [-0.2, -0.15) is 4.98 Å². The molecule has 0 amide bonds. The van der Waals surface area contributed by atoms with Crippen LogP contribution in [-0.4, -0.2) is 30.1 Å². The van der Waals surface area contributed by atoms with Crippen molar-refractivity contribution < 1.29 is 18.8 Å². The molecule has 0 saturated heterocycles. The van der Waals surface area contributed by atoms with Gasteiger partial charge in [0.1, 0.15) is 0 Å². The van der Waals surface area contributed by atoms with Crippen molar-refractivity contribution in [3.8, 4) is 22.9 Å². The van der Waals surface area contributed by atoms with Gasteiger partial charge in [-0.3, -0.25) is 0 Å². The third-order valence-electron chi connectivity index (χ3n) is 4.26. The number of unbranched alkanes of at least 4 members (excludes halogenated alkanes) is 1. The van der Waals surface area contributed by atoms with Gasteiger partial charge in [-0.1, -0.05) is 47.9 Å². The zero-order valence-electron chi connectivity index (χ0n) is 16.9. The second-order valence-corrected chi connectivity index (χ2v) is 6.45. The molecule has 29 heavy (non-hydrogen) atoms. The number of nitrogens with zero attached hydrogens (tertiary/aromatic N) is 3. The lowest BCUT2D eigenvalue weighted by atomic mass is 10.1. The van der Waals surface area contributed by atoms with Gasteiger partial charge in [0, 0.05) is 11.1 Å². The standard InChI is InChI=1S/C22H25N3O4/c1-4-5-12-27-19-11-10-17(13-20(19)26-3)14-23-28-15-21-24-22(25-29-21)18-9-7-6-8-16(18)2/h6-11,13-14H,4-5,12,15H2,1-3H3/b23-14-. The zero-order chi connectivity index (χ0) is 20.5. The maximum atomic E-state index is 5.73. The van der Waals surface area contributed by atoms with Crippen LogP contribution in [0.1, 0.15) is 36.8 Å². The minimum Gasteiger partial charge on any atom is -0.493 e. The molecular weight excluding hydrogens is 370 g/mol. The summed E-state index contributed by atoms with van der Waals surface area (Å²) in [6.45, 7) is 4.88. The smallest absolute Gasteiger partial charge is 0.267 e. The van der Waals surface area contributed by atoms with Crippen molar-refractivity contribution in [2.45, 2.75) is 33.3 Å². The molecule has 1 heterocycles. The molecule has 0 aliphatic heterocycles. The van der Waals surface area contributed by atoms with E-state index in [1.54, 1.807) is 13.3 Å². The summed E-state index contributed by atoms with van der Waals surface area (Å²) in [7, 11) is 1.61. The maximum Gasteiger partial charge on any atom is 0.267 e. The first-order valence-electron chi connectivity index (χ1n) is 9.56. The summed E-state index contributed by atoms with van der Waals surface area (Å²) in [5.41, 5.74) is 2.84. The second kappa shape index (κ2) is 10.3. The van der Waals surface area contributed by atoms with E-state index in [0.29, 0.717) is 29.8 Å². The monoisotopic (exact) mass is 395 g/mol. The Labute approximate surface area is 170 Å². The van der Waals surface area contributed by atoms with Crippen LogP contribution in [0.4, 0.5) is 0 Å². The highest BCUT2D eigenvalue weighted by Gasteiger charge is 2.10. The minimum absolute atomic E-state index is 0.0880. The molecule has 0 bridgehead atoms. The first kappa shape index (κ1) is 20.4. The topological polar surface area (TPSA) is 79.0 Å². The Kier molecular flexibility index (Phi) is 7.22. The van der Waals surface area contributed by atoms with E-state index in [4.69, 9.17) is 18.8 Å². The first-order chi connectivity index (χ1) is 14.2. The molecule has 1 aromatic heterocycles. The molecule has 0 spiro atoms. The number of hydrogen-bond donors (Lipinski definition) is 0. The van der Waals surface area contributed by atoms with Crippen LogP contribution in [0.3, 0.4) is 0 Å². The van der Waals surface area contributed by atoms with Gasteiger partial charge in [0.15, 0.2) is 18.1 Å². The molecule has 0 aliphatic rings. The second-order valence-electron chi connectivity index (χ2n) is 6.45. The molecule has 3 rings (SSSR count). The SMILES string of the molecule is CCCCOc1ccc(/C=N\OCc2nc(-c3ccccc3C)no2)cc1OC. The fourth-order valence-electron chi connectivity index (χ4n) is 2.65. The molecule has 0 aliphatic carbocycles. The van der Waals surface area contributed by atoms with E-state index in [0.717, 1.165) is 29.5 Å². The summed E-state index contributed by atoms with van der Waals surface area (Å²) in [6, 6.07) is 13.5. The summed E-state index contributed by atoms with van der Waals surface area (Å²) in [5, 5.41) is 7.97. The van der Waals surface area contributed by atoms with Crippen LogP contribution in [0, 0.1) is 6.92 Å². The molecule has 0 atom stereocenters. The van der Waals surface area contributed by atoms with Crippen LogP contribution in [0.5, 0.6) is 11.5 Å². The van der Waals surface area contributed by atoms with E-state index < -0.39 is 0 Å². The Bertz CT molecular complexity index is 953. The number of aromatic nitrogens is 2. The lowest BCUT2D eigenvalue weighted by Gasteiger charge is -2.10. The van der Waals surface area contributed by atoms with E-state index in [-0.39, 0.29) is 6.61 Å². The number of benzene rings is 2. The van der Waals surface area contributed by atoms with E-state index in [9.17, 15) is 0 Å². The van der Waals surface area contributed by atoms with Gasteiger partial charge in [0.05, 0.1) is 19.9 Å². The number of oxime groups is 1. The predicted molar refractivity (Wildman–Crippen MR) is 110 cm³/mol. The molecule has 0 radical (unpaired) electrons. The lowest BCUT2D eigenvalue weighted by Crippen LogP contribution is -1.99. The van der Waals surface area contributed by atoms with E-state index in [1.807, 2.05) is 49.4 Å². The predicted octanol–water partition coefficient (Wildman–Crippen LogP) is 4.78. The van der Waals surface area contributed by atoms with Gasteiger partial charge in [0.2, 0.25) is 5.82 Å². The minimum atomic E-state index is 0.0880. The van der Waals surface area contributed by atoms with Crippen molar-refractivity contribution in [3.63, 3.8) is 0 Å². The maximum absolute atomic E-state index is 5.73. The number of ether oxygens (including phenoxy) is 2. The molecule has 0 saturated carbocycles. The fourth-order valence-corrected chi connectivity index (χ4v) is 2.65. The number of aryl methyl sites for hydroxylation is 1. The van der Waals surface area contributed by atoms with Crippen LogP contribution in [0.2, 0.25) is 0 Å².